The van der Waals surface area contributed by atoms with E-state index in [2.05, 4.69) is 0 Å². The highest BCUT2D eigenvalue weighted by molar-refractivity contribution is 5.70. The van der Waals surface area contributed by atoms with Crippen LogP contribution >= 0.6 is 0 Å². The Kier molecular flexibility index (Phi) is 4.69. The van der Waals surface area contributed by atoms with Gasteiger partial charge in [-0.25, -0.2) is 0 Å². The van der Waals surface area contributed by atoms with Gasteiger partial charge in [0.25, 0.3) is 0 Å². The Morgan fingerprint density at radius 1 is 1.21 bits per heavy atom. The second-order valence-corrected chi connectivity index (χ2v) is 6.28. The van der Waals surface area contributed by atoms with E-state index in [0.29, 0.717) is 12.8 Å². The monoisotopic (exact) mass is 324 g/mol. The molecule has 1 aliphatic heterocycles. The van der Waals surface area contributed by atoms with Crippen molar-refractivity contribution >= 4 is 5.97 Å². The normalized spacial score (nSPS) is 25.5. The van der Waals surface area contributed by atoms with Gasteiger partial charge in [0.1, 0.15) is 6.10 Å². The number of rotatable bonds is 5. The molecule has 0 amide bonds. The molecule has 3 rings (SSSR count). The molecule has 2 aromatic rings. The molecule has 0 saturated carbocycles. The minimum Gasteiger partial charge on any atom is -0.550 e. The number of nitrogens with zero attached hydrogens (tertiary/aromatic N) is 1. The van der Waals surface area contributed by atoms with E-state index in [0.717, 1.165) is 11.1 Å². The molecular formula is C20H22NO3-. The van der Waals surface area contributed by atoms with Gasteiger partial charge in [0.05, 0.1) is 5.54 Å². The van der Waals surface area contributed by atoms with Crippen LogP contribution in [0.15, 0.2) is 60.7 Å². The van der Waals surface area contributed by atoms with Crippen molar-refractivity contribution < 1.29 is 14.7 Å². The van der Waals surface area contributed by atoms with Crippen LogP contribution in [-0.4, -0.2) is 18.1 Å². The highest BCUT2D eigenvalue weighted by Gasteiger charge is 2.51. The maximum atomic E-state index is 11.9. The van der Waals surface area contributed by atoms with Crippen molar-refractivity contribution in [3.05, 3.63) is 71.8 Å². The summed E-state index contributed by atoms with van der Waals surface area (Å²) in [7, 11) is 1.82. The number of hydrogen-bond acceptors (Lipinski definition) is 4. The molecule has 0 bridgehead atoms. The second kappa shape index (κ2) is 6.75. The number of hydrogen-bond donors (Lipinski definition) is 0. The van der Waals surface area contributed by atoms with Gasteiger partial charge in [-0.05, 0) is 17.5 Å². The fourth-order valence-corrected chi connectivity index (χ4v) is 3.87. The fraction of sp³-hybridized carbons (Fsp3) is 0.350. The summed E-state index contributed by atoms with van der Waals surface area (Å²) >= 11 is 0. The van der Waals surface area contributed by atoms with Crippen molar-refractivity contribution in [1.29, 1.82) is 0 Å². The molecule has 3 atom stereocenters. The van der Waals surface area contributed by atoms with Gasteiger partial charge in [0, 0.05) is 25.4 Å². The molecule has 1 heterocycles. The molecular weight excluding hydrogens is 302 g/mol. The van der Waals surface area contributed by atoms with Crippen LogP contribution in [0.25, 0.3) is 0 Å². The zero-order chi connectivity index (χ0) is 17.2. The van der Waals surface area contributed by atoms with Crippen LogP contribution in [0.5, 0.6) is 0 Å². The van der Waals surface area contributed by atoms with Crippen LogP contribution in [0.1, 0.15) is 37.0 Å². The first-order chi connectivity index (χ1) is 11.6. The topological polar surface area (TPSA) is 52.6 Å². The van der Waals surface area contributed by atoms with Gasteiger partial charge >= 0.3 is 0 Å². The lowest BCUT2D eigenvalue weighted by Crippen LogP contribution is -2.51. The van der Waals surface area contributed by atoms with Crippen LogP contribution in [-0.2, 0) is 15.2 Å². The summed E-state index contributed by atoms with van der Waals surface area (Å²) in [4.78, 5) is 18.0. The molecule has 1 aliphatic rings. The van der Waals surface area contributed by atoms with E-state index >= 15 is 0 Å². The minimum absolute atomic E-state index is 0.176. The predicted octanol–water partition coefficient (Wildman–Crippen LogP) is 2.67. The molecule has 0 aromatic heterocycles. The van der Waals surface area contributed by atoms with E-state index in [1.807, 2.05) is 74.6 Å². The van der Waals surface area contributed by atoms with Gasteiger partial charge in [-0.15, -0.1) is 0 Å². The summed E-state index contributed by atoms with van der Waals surface area (Å²) < 4.78 is 0. The van der Waals surface area contributed by atoms with Crippen molar-refractivity contribution in [2.45, 2.75) is 31.4 Å². The molecule has 0 aliphatic carbocycles. The number of carbonyl (C=O) groups is 1. The molecule has 2 aromatic carbocycles. The number of carboxylic acid groups (broad SMARTS) is 1. The van der Waals surface area contributed by atoms with Crippen LogP contribution < -0.4 is 5.11 Å². The average Bonchev–Trinajstić information content (AvgIpc) is 2.95. The van der Waals surface area contributed by atoms with Crippen LogP contribution in [0.3, 0.4) is 0 Å². The molecule has 4 nitrogen and oxygen atoms in total. The Morgan fingerprint density at radius 2 is 1.79 bits per heavy atom. The standard InChI is InChI=1S/C20H23NO3/c1-3-17(19(22)23)20(16-12-8-5-9-13-16)14-18(24-21(20)2)15-10-6-4-7-11-15/h4-13,17-18H,3,14H2,1-2H3,(H,22,23)/p-1/t17?,18-,20-/m0/s1. The highest BCUT2D eigenvalue weighted by atomic mass is 16.7. The molecule has 4 heteroatoms. The third-order valence-electron chi connectivity index (χ3n) is 5.06. The largest absolute Gasteiger partial charge is 0.550 e. The molecule has 24 heavy (non-hydrogen) atoms. The Hall–Kier alpha value is -2.17. The Labute approximate surface area is 142 Å². The molecule has 1 unspecified atom stereocenters. The summed E-state index contributed by atoms with van der Waals surface area (Å²) in [6.07, 6.45) is 0.876. The summed E-state index contributed by atoms with van der Waals surface area (Å²) in [5.41, 5.74) is 1.26. The first-order valence-corrected chi connectivity index (χ1v) is 8.31. The molecule has 0 radical (unpaired) electrons. The van der Waals surface area contributed by atoms with E-state index in [-0.39, 0.29) is 6.10 Å². The van der Waals surface area contributed by atoms with Crippen LogP contribution in [0, 0.1) is 5.92 Å². The minimum atomic E-state index is -1.04. The molecule has 126 valence electrons. The molecule has 1 saturated heterocycles. The SMILES string of the molecule is CCC(C(=O)[O-])[C@@]1(c2ccccc2)C[C@@H](c2ccccc2)ON1C. The zero-order valence-electron chi connectivity index (χ0n) is 14.0. The summed E-state index contributed by atoms with van der Waals surface area (Å²) in [5, 5.41) is 13.6. The van der Waals surface area contributed by atoms with Gasteiger partial charge in [-0.2, -0.15) is 5.06 Å². The maximum Gasteiger partial charge on any atom is 0.106 e. The Morgan fingerprint density at radius 3 is 2.33 bits per heavy atom. The van der Waals surface area contributed by atoms with Crippen LogP contribution in [0.2, 0.25) is 0 Å². The number of carbonyl (C=O) groups excluding carboxylic acids is 1. The third-order valence-corrected chi connectivity index (χ3v) is 5.06. The van der Waals surface area contributed by atoms with Crippen molar-refractivity contribution in [2.75, 3.05) is 7.05 Å². The molecule has 0 spiro atoms. The first kappa shape index (κ1) is 16.7. The van der Waals surface area contributed by atoms with Gasteiger partial charge < -0.3 is 9.90 Å². The number of hydroxylamine groups is 2. The van der Waals surface area contributed by atoms with Crippen molar-refractivity contribution in [3.8, 4) is 0 Å². The van der Waals surface area contributed by atoms with E-state index in [1.165, 1.54) is 0 Å². The quantitative estimate of drug-likeness (QED) is 0.848. The Balaban J connectivity index is 2.07. The second-order valence-electron chi connectivity index (χ2n) is 6.28. The average molecular weight is 324 g/mol. The van der Waals surface area contributed by atoms with Crippen molar-refractivity contribution in [1.82, 2.24) is 5.06 Å². The number of benzene rings is 2. The molecule has 0 N–H and O–H groups in total. The third kappa shape index (κ3) is 2.72. The molecule has 1 fully saturated rings. The maximum absolute atomic E-state index is 11.9. The smallest absolute Gasteiger partial charge is 0.106 e. The fourth-order valence-electron chi connectivity index (χ4n) is 3.87. The summed E-state index contributed by atoms with van der Waals surface area (Å²) in [6, 6.07) is 19.7. The first-order valence-electron chi connectivity index (χ1n) is 8.31. The number of carboxylic acids is 1. The van der Waals surface area contributed by atoms with Crippen LogP contribution in [0.4, 0.5) is 0 Å². The lowest BCUT2D eigenvalue weighted by atomic mass is 9.73. The summed E-state index contributed by atoms with van der Waals surface area (Å²) in [5.74, 6) is -1.69. The van der Waals surface area contributed by atoms with Gasteiger partial charge in [0.2, 0.25) is 0 Å². The van der Waals surface area contributed by atoms with E-state index in [4.69, 9.17) is 4.84 Å². The Bertz CT molecular complexity index is 689. The highest BCUT2D eigenvalue weighted by Crippen LogP contribution is 2.50. The zero-order valence-corrected chi connectivity index (χ0v) is 14.0. The van der Waals surface area contributed by atoms with E-state index in [9.17, 15) is 9.90 Å². The lowest BCUT2D eigenvalue weighted by molar-refractivity contribution is -0.319. The van der Waals surface area contributed by atoms with Crippen molar-refractivity contribution in [2.24, 2.45) is 5.92 Å². The van der Waals surface area contributed by atoms with Gasteiger partial charge in [-0.1, -0.05) is 67.6 Å². The van der Waals surface area contributed by atoms with Gasteiger partial charge in [-0.3, -0.25) is 4.84 Å². The van der Waals surface area contributed by atoms with Gasteiger partial charge in [0.15, 0.2) is 0 Å². The van der Waals surface area contributed by atoms with Crippen molar-refractivity contribution in [3.63, 3.8) is 0 Å². The lowest BCUT2D eigenvalue weighted by Gasteiger charge is -2.41. The summed E-state index contributed by atoms with van der Waals surface area (Å²) in [6.45, 7) is 1.88. The van der Waals surface area contributed by atoms with E-state index in [1.54, 1.807) is 5.06 Å². The predicted molar refractivity (Wildman–Crippen MR) is 89.6 cm³/mol. The van der Waals surface area contributed by atoms with E-state index < -0.39 is 17.4 Å². The number of aliphatic carboxylic acids is 1.